The lowest BCUT2D eigenvalue weighted by Crippen LogP contribution is -2.47. The number of ether oxygens (including phenoxy) is 2. The van der Waals surface area contributed by atoms with E-state index in [2.05, 4.69) is 5.32 Å². The highest BCUT2D eigenvalue weighted by atomic mass is 16.7. The molecule has 1 aliphatic heterocycles. The van der Waals surface area contributed by atoms with Crippen LogP contribution in [0.1, 0.15) is 72.1 Å². The van der Waals surface area contributed by atoms with Crippen molar-refractivity contribution in [3.8, 4) is 0 Å². The summed E-state index contributed by atoms with van der Waals surface area (Å²) in [5, 5.41) is 13.8. The Morgan fingerprint density at radius 2 is 1.96 bits per heavy atom. The zero-order valence-electron chi connectivity index (χ0n) is 14.8. The van der Waals surface area contributed by atoms with Crippen molar-refractivity contribution in [3.63, 3.8) is 0 Å². The van der Waals surface area contributed by atoms with E-state index in [0.29, 0.717) is 18.8 Å². The van der Waals surface area contributed by atoms with Gasteiger partial charge < -0.3 is 19.9 Å². The molecule has 0 unspecified atom stereocenters. The molecule has 0 aromatic carbocycles. The molecule has 0 aromatic rings. The SMILES string of the molecule is CCC(=O)N[C@@H](CC1CCCCC1)[C@@H](O)C[C@@H]1OCOC1(C)C. The summed E-state index contributed by atoms with van der Waals surface area (Å²) in [6.45, 7) is 6.09. The summed E-state index contributed by atoms with van der Waals surface area (Å²) < 4.78 is 11.2. The van der Waals surface area contributed by atoms with E-state index in [9.17, 15) is 9.90 Å². The fourth-order valence-electron chi connectivity index (χ4n) is 3.70. The minimum atomic E-state index is -0.599. The molecular weight excluding hydrogens is 294 g/mol. The van der Waals surface area contributed by atoms with Crippen LogP contribution in [0.2, 0.25) is 0 Å². The molecule has 5 nitrogen and oxygen atoms in total. The number of amides is 1. The lowest BCUT2D eigenvalue weighted by atomic mass is 9.82. The number of hydrogen-bond acceptors (Lipinski definition) is 4. The van der Waals surface area contributed by atoms with Gasteiger partial charge >= 0.3 is 0 Å². The standard InChI is InChI=1S/C18H33NO4/c1-4-17(21)19-14(10-13-8-6-5-7-9-13)15(20)11-16-18(2,3)23-12-22-16/h13-16,20H,4-12H2,1-3H3,(H,19,21)/t14-,15-,16-/m0/s1. The third-order valence-electron chi connectivity index (χ3n) is 5.38. The Bertz CT molecular complexity index is 379. The van der Waals surface area contributed by atoms with E-state index < -0.39 is 6.10 Å². The monoisotopic (exact) mass is 327 g/mol. The number of carbonyl (C=O) groups is 1. The van der Waals surface area contributed by atoms with Gasteiger partial charge in [-0.1, -0.05) is 39.0 Å². The molecule has 2 N–H and O–H groups in total. The zero-order valence-corrected chi connectivity index (χ0v) is 14.8. The van der Waals surface area contributed by atoms with Gasteiger partial charge in [0.2, 0.25) is 5.91 Å². The van der Waals surface area contributed by atoms with Gasteiger partial charge in [-0.15, -0.1) is 0 Å². The van der Waals surface area contributed by atoms with E-state index in [-0.39, 0.29) is 30.4 Å². The molecule has 23 heavy (non-hydrogen) atoms. The maximum atomic E-state index is 11.9. The number of carbonyl (C=O) groups excluding carboxylic acids is 1. The lowest BCUT2D eigenvalue weighted by Gasteiger charge is -2.32. The number of hydrogen-bond donors (Lipinski definition) is 2. The zero-order chi connectivity index (χ0) is 16.9. The average molecular weight is 327 g/mol. The van der Waals surface area contributed by atoms with E-state index in [4.69, 9.17) is 9.47 Å². The van der Waals surface area contributed by atoms with Gasteiger partial charge in [0, 0.05) is 12.8 Å². The van der Waals surface area contributed by atoms with Crippen molar-refractivity contribution in [2.45, 2.75) is 96.0 Å². The van der Waals surface area contributed by atoms with Crippen LogP contribution in [0.15, 0.2) is 0 Å². The quantitative estimate of drug-likeness (QED) is 0.754. The smallest absolute Gasteiger partial charge is 0.220 e. The minimum Gasteiger partial charge on any atom is -0.391 e. The molecule has 1 saturated carbocycles. The largest absolute Gasteiger partial charge is 0.391 e. The Labute approximate surface area is 140 Å². The molecule has 5 heteroatoms. The summed E-state index contributed by atoms with van der Waals surface area (Å²) in [4.78, 5) is 11.9. The van der Waals surface area contributed by atoms with E-state index in [0.717, 1.165) is 6.42 Å². The molecule has 134 valence electrons. The van der Waals surface area contributed by atoms with Gasteiger partial charge in [-0.05, 0) is 26.2 Å². The van der Waals surface area contributed by atoms with Crippen LogP contribution in [0.5, 0.6) is 0 Å². The van der Waals surface area contributed by atoms with Crippen molar-refractivity contribution in [1.29, 1.82) is 0 Å². The predicted molar refractivity (Wildman–Crippen MR) is 88.9 cm³/mol. The second-order valence-electron chi connectivity index (χ2n) is 7.59. The normalized spacial score (nSPS) is 27.6. The van der Waals surface area contributed by atoms with Crippen molar-refractivity contribution in [2.75, 3.05) is 6.79 Å². The molecule has 0 radical (unpaired) electrons. The highest BCUT2D eigenvalue weighted by molar-refractivity contribution is 5.75. The lowest BCUT2D eigenvalue weighted by molar-refractivity contribution is -0.122. The average Bonchev–Trinajstić information content (AvgIpc) is 2.86. The summed E-state index contributed by atoms with van der Waals surface area (Å²) in [6, 6.07) is -0.189. The third-order valence-corrected chi connectivity index (χ3v) is 5.38. The number of rotatable bonds is 7. The summed E-state index contributed by atoms with van der Waals surface area (Å²) in [5.74, 6) is 0.613. The summed E-state index contributed by atoms with van der Waals surface area (Å²) in [6.07, 6.45) is 7.33. The molecule has 1 amide bonds. The third kappa shape index (κ3) is 5.44. The minimum absolute atomic E-state index is 0.00714. The van der Waals surface area contributed by atoms with Crippen molar-refractivity contribution in [3.05, 3.63) is 0 Å². The van der Waals surface area contributed by atoms with Gasteiger partial charge in [0.15, 0.2) is 0 Å². The second kappa shape index (κ2) is 8.45. The topological polar surface area (TPSA) is 67.8 Å². The molecule has 0 spiro atoms. The Morgan fingerprint density at radius 1 is 1.26 bits per heavy atom. The van der Waals surface area contributed by atoms with E-state index >= 15 is 0 Å². The number of aliphatic hydroxyl groups is 1. The fourth-order valence-corrected chi connectivity index (χ4v) is 3.70. The van der Waals surface area contributed by atoms with Crippen LogP contribution < -0.4 is 5.32 Å². The molecule has 1 heterocycles. The van der Waals surface area contributed by atoms with Gasteiger partial charge in [0.05, 0.1) is 23.9 Å². The van der Waals surface area contributed by atoms with Crippen LogP contribution in [-0.2, 0) is 14.3 Å². The molecular formula is C18H33NO4. The van der Waals surface area contributed by atoms with Crippen LogP contribution in [0, 0.1) is 5.92 Å². The van der Waals surface area contributed by atoms with Crippen LogP contribution >= 0.6 is 0 Å². The van der Waals surface area contributed by atoms with E-state index in [1.807, 2.05) is 20.8 Å². The number of nitrogens with one attached hydrogen (secondary N) is 1. The molecule has 2 rings (SSSR count). The van der Waals surface area contributed by atoms with Crippen molar-refractivity contribution in [1.82, 2.24) is 5.32 Å². The van der Waals surface area contributed by atoms with Crippen molar-refractivity contribution < 1.29 is 19.4 Å². The van der Waals surface area contributed by atoms with Crippen LogP contribution in [0.25, 0.3) is 0 Å². The van der Waals surface area contributed by atoms with Crippen molar-refractivity contribution in [2.24, 2.45) is 5.92 Å². The molecule has 2 fully saturated rings. The van der Waals surface area contributed by atoms with E-state index in [1.54, 1.807) is 0 Å². The van der Waals surface area contributed by atoms with Crippen LogP contribution in [0.4, 0.5) is 0 Å². The maximum absolute atomic E-state index is 11.9. The first-order valence-electron chi connectivity index (χ1n) is 9.15. The molecule has 1 aliphatic carbocycles. The summed E-state index contributed by atoms with van der Waals surface area (Å²) in [5.41, 5.74) is -0.384. The maximum Gasteiger partial charge on any atom is 0.220 e. The van der Waals surface area contributed by atoms with E-state index in [1.165, 1.54) is 32.1 Å². The predicted octanol–water partition coefficient (Wildman–Crippen LogP) is 2.75. The highest BCUT2D eigenvalue weighted by Gasteiger charge is 2.40. The molecule has 3 atom stereocenters. The van der Waals surface area contributed by atoms with Gasteiger partial charge in [0.1, 0.15) is 6.79 Å². The summed E-state index contributed by atoms with van der Waals surface area (Å²) in [7, 11) is 0. The van der Waals surface area contributed by atoms with Gasteiger partial charge in [-0.25, -0.2) is 0 Å². The molecule has 1 saturated heterocycles. The van der Waals surface area contributed by atoms with Gasteiger partial charge in [-0.2, -0.15) is 0 Å². The molecule has 2 aliphatic rings. The Balaban J connectivity index is 1.95. The van der Waals surface area contributed by atoms with Gasteiger partial charge in [0.25, 0.3) is 0 Å². The van der Waals surface area contributed by atoms with Crippen molar-refractivity contribution >= 4 is 5.91 Å². The Kier molecular flexibility index (Phi) is 6.86. The first-order chi connectivity index (χ1) is 10.9. The fraction of sp³-hybridized carbons (Fsp3) is 0.944. The van der Waals surface area contributed by atoms with Crippen LogP contribution in [0.3, 0.4) is 0 Å². The Morgan fingerprint density at radius 3 is 2.52 bits per heavy atom. The van der Waals surface area contributed by atoms with Crippen LogP contribution in [-0.4, -0.2) is 41.7 Å². The molecule has 0 aromatic heterocycles. The van der Waals surface area contributed by atoms with Gasteiger partial charge in [-0.3, -0.25) is 4.79 Å². The number of aliphatic hydroxyl groups excluding tert-OH is 1. The Hall–Kier alpha value is -0.650. The first kappa shape index (κ1) is 18.7. The first-order valence-corrected chi connectivity index (χ1v) is 9.15. The second-order valence-corrected chi connectivity index (χ2v) is 7.59. The molecule has 0 bridgehead atoms. The highest BCUT2D eigenvalue weighted by Crippen LogP contribution is 2.31. The summed E-state index contributed by atoms with van der Waals surface area (Å²) >= 11 is 0.